The zero-order chi connectivity index (χ0) is 15.7. The molecule has 1 unspecified atom stereocenters. The molecule has 0 radical (unpaired) electrons. The highest BCUT2D eigenvalue weighted by Crippen LogP contribution is 2.38. The number of fused-ring (bicyclic) bond motifs is 1. The Labute approximate surface area is 131 Å². The molecule has 0 aliphatic carbocycles. The molecular weight excluding hydrogens is 303 g/mol. The summed E-state index contributed by atoms with van der Waals surface area (Å²) in [5.74, 6) is -0.339. The van der Waals surface area contributed by atoms with Crippen LogP contribution in [0.25, 0.3) is 27.0 Å². The highest BCUT2D eigenvalue weighted by atomic mass is 35.5. The maximum Gasteiger partial charge on any atom is 0.125 e. The first kappa shape index (κ1) is 14.4. The highest BCUT2D eigenvalue weighted by molar-refractivity contribution is 6.36. The third-order valence-electron chi connectivity index (χ3n) is 3.53. The molecule has 2 aromatic carbocycles. The predicted octanol–water partition coefficient (Wildman–Crippen LogP) is 5.79. The van der Waals surface area contributed by atoms with Crippen molar-refractivity contribution < 1.29 is 4.39 Å². The minimum atomic E-state index is -0.479. The van der Waals surface area contributed by atoms with Gasteiger partial charge in [-0.3, -0.25) is 0 Å². The van der Waals surface area contributed by atoms with Gasteiger partial charge < -0.3 is 4.57 Å². The van der Waals surface area contributed by atoms with E-state index in [2.05, 4.69) is 10.0 Å². The average molecular weight is 315 g/mol. The topological polar surface area (TPSA) is 53.7 Å². The Morgan fingerprint density at radius 1 is 1.23 bits per heavy atom. The predicted molar refractivity (Wildman–Crippen MR) is 85.8 cm³/mol. The van der Waals surface area contributed by atoms with Crippen LogP contribution in [0.2, 0.25) is 5.02 Å². The molecule has 0 saturated carbocycles. The minimum Gasteiger partial charge on any atom is -0.312 e. The minimum absolute atomic E-state index is 0.339. The van der Waals surface area contributed by atoms with Crippen LogP contribution in [0, 0.1) is 5.82 Å². The first-order chi connectivity index (χ1) is 10.6. The van der Waals surface area contributed by atoms with Crippen LogP contribution in [-0.4, -0.2) is 4.57 Å². The third-order valence-corrected chi connectivity index (χ3v) is 3.93. The van der Waals surface area contributed by atoms with E-state index < -0.39 is 6.04 Å². The second-order valence-electron chi connectivity index (χ2n) is 4.91. The molecule has 1 heterocycles. The quantitative estimate of drug-likeness (QED) is 0.333. The van der Waals surface area contributed by atoms with Crippen molar-refractivity contribution in [2.75, 3.05) is 0 Å². The van der Waals surface area contributed by atoms with Crippen LogP contribution >= 0.6 is 11.6 Å². The molecule has 22 heavy (non-hydrogen) atoms. The van der Waals surface area contributed by atoms with Crippen molar-refractivity contribution in [3.05, 3.63) is 75.5 Å². The molecule has 0 saturated heterocycles. The van der Waals surface area contributed by atoms with Crippen molar-refractivity contribution in [3.8, 4) is 5.69 Å². The molecule has 0 N–H and O–H groups in total. The molecule has 6 heteroatoms. The lowest BCUT2D eigenvalue weighted by Gasteiger charge is -2.13. The Morgan fingerprint density at radius 3 is 2.73 bits per heavy atom. The summed E-state index contributed by atoms with van der Waals surface area (Å²) in [7, 11) is 0. The Kier molecular flexibility index (Phi) is 3.75. The van der Waals surface area contributed by atoms with Gasteiger partial charge in [-0.2, -0.15) is 0 Å². The molecule has 1 aromatic heterocycles. The highest BCUT2D eigenvalue weighted by Gasteiger charge is 2.20. The van der Waals surface area contributed by atoms with Crippen molar-refractivity contribution in [3.63, 3.8) is 0 Å². The summed E-state index contributed by atoms with van der Waals surface area (Å²) in [6, 6.07) is 13.3. The smallest absolute Gasteiger partial charge is 0.125 e. The van der Waals surface area contributed by atoms with Gasteiger partial charge in [0.05, 0.1) is 22.3 Å². The number of aromatic nitrogens is 1. The maximum absolute atomic E-state index is 13.6. The Morgan fingerprint density at radius 2 is 2.00 bits per heavy atom. The number of halogens is 2. The van der Waals surface area contributed by atoms with Crippen LogP contribution in [0.5, 0.6) is 0 Å². The first-order valence-corrected chi connectivity index (χ1v) is 7.10. The molecule has 0 bridgehead atoms. The lowest BCUT2D eigenvalue weighted by molar-refractivity contribution is 0.626. The van der Waals surface area contributed by atoms with Gasteiger partial charge in [0.25, 0.3) is 0 Å². The van der Waals surface area contributed by atoms with Gasteiger partial charge in [-0.1, -0.05) is 47.9 Å². The number of benzene rings is 2. The van der Waals surface area contributed by atoms with Crippen LogP contribution in [0.1, 0.15) is 18.7 Å². The second-order valence-corrected chi connectivity index (χ2v) is 5.29. The van der Waals surface area contributed by atoms with Gasteiger partial charge in [0.1, 0.15) is 5.82 Å². The van der Waals surface area contributed by atoms with Crippen molar-refractivity contribution >= 4 is 22.5 Å². The standard InChI is InChI=1S/C16H12ClFN4/c1-10(20-21-19)16-15(17)13-7-2-3-8-14(13)22(16)12-6-4-5-11(18)9-12/h2-10H,1H3. The fraction of sp³-hybridized carbons (Fsp3) is 0.125. The molecule has 0 spiro atoms. The van der Waals surface area contributed by atoms with Crippen molar-refractivity contribution in [1.29, 1.82) is 0 Å². The number of hydrogen-bond donors (Lipinski definition) is 0. The van der Waals surface area contributed by atoms with E-state index in [-0.39, 0.29) is 5.82 Å². The molecule has 110 valence electrons. The lowest BCUT2D eigenvalue weighted by Crippen LogP contribution is -2.03. The number of nitrogens with zero attached hydrogens (tertiary/aromatic N) is 4. The first-order valence-electron chi connectivity index (χ1n) is 6.72. The fourth-order valence-electron chi connectivity index (χ4n) is 2.62. The zero-order valence-electron chi connectivity index (χ0n) is 11.7. The van der Waals surface area contributed by atoms with Crippen LogP contribution in [0.4, 0.5) is 4.39 Å². The summed E-state index contributed by atoms with van der Waals surface area (Å²) in [5.41, 5.74) is 10.8. The number of rotatable bonds is 3. The Hall–Kier alpha value is -2.49. The van der Waals surface area contributed by atoms with Gasteiger partial charge in [0.15, 0.2) is 0 Å². The SMILES string of the molecule is CC(N=[N+]=[N-])c1c(Cl)c2ccccc2n1-c1cccc(F)c1. The second kappa shape index (κ2) is 5.72. The van der Waals surface area contributed by atoms with E-state index in [9.17, 15) is 4.39 Å². The van der Waals surface area contributed by atoms with Gasteiger partial charge in [-0.05, 0) is 29.8 Å². The largest absolute Gasteiger partial charge is 0.312 e. The zero-order valence-corrected chi connectivity index (χ0v) is 12.5. The van der Waals surface area contributed by atoms with E-state index in [1.807, 2.05) is 28.8 Å². The monoisotopic (exact) mass is 314 g/mol. The Bertz CT molecular complexity index is 896. The summed E-state index contributed by atoms with van der Waals surface area (Å²) in [6.07, 6.45) is 0. The molecular formula is C16H12ClFN4. The Balaban J connectivity index is 2.40. The molecule has 0 amide bonds. The van der Waals surface area contributed by atoms with Crippen molar-refractivity contribution in [2.45, 2.75) is 13.0 Å². The number of hydrogen-bond acceptors (Lipinski definition) is 1. The summed E-state index contributed by atoms with van der Waals surface area (Å²) >= 11 is 6.48. The van der Waals surface area contributed by atoms with Crippen LogP contribution in [0.15, 0.2) is 53.6 Å². The van der Waals surface area contributed by atoms with Gasteiger partial charge in [-0.15, -0.1) is 0 Å². The van der Waals surface area contributed by atoms with E-state index in [0.717, 1.165) is 10.9 Å². The van der Waals surface area contributed by atoms with Gasteiger partial charge >= 0.3 is 0 Å². The van der Waals surface area contributed by atoms with Crippen LogP contribution in [0.3, 0.4) is 0 Å². The summed E-state index contributed by atoms with van der Waals surface area (Å²) < 4.78 is 15.4. The summed E-state index contributed by atoms with van der Waals surface area (Å²) in [4.78, 5) is 2.85. The fourth-order valence-corrected chi connectivity index (χ4v) is 3.02. The average Bonchev–Trinajstić information content (AvgIpc) is 2.81. The number of azide groups is 1. The molecule has 1 atom stereocenters. The normalized spacial score (nSPS) is 12.1. The molecule has 0 aliphatic rings. The van der Waals surface area contributed by atoms with E-state index in [1.54, 1.807) is 19.1 Å². The molecule has 0 aliphatic heterocycles. The van der Waals surface area contributed by atoms with E-state index in [1.165, 1.54) is 12.1 Å². The van der Waals surface area contributed by atoms with Gasteiger partial charge in [-0.25, -0.2) is 4.39 Å². The summed E-state index contributed by atoms with van der Waals surface area (Å²) in [6.45, 7) is 1.76. The molecule has 4 nitrogen and oxygen atoms in total. The maximum atomic E-state index is 13.6. The molecule has 3 rings (SSSR count). The summed E-state index contributed by atoms with van der Waals surface area (Å²) in [5, 5.41) is 5.09. The van der Waals surface area contributed by atoms with E-state index in [4.69, 9.17) is 17.1 Å². The van der Waals surface area contributed by atoms with E-state index in [0.29, 0.717) is 16.4 Å². The van der Waals surface area contributed by atoms with Crippen LogP contribution < -0.4 is 0 Å². The van der Waals surface area contributed by atoms with Gasteiger partial charge in [0.2, 0.25) is 0 Å². The van der Waals surface area contributed by atoms with E-state index >= 15 is 0 Å². The molecule has 3 aromatic rings. The third kappa shape index (κ3) is 2.30. The van der Waals surface area contributed by atoms with Crippen LogP contribution in [-0.2, 0) is 0 Å². The molecule has 0 fully saturated rings. The van der Waals surface area contributed by atoms with Gasteiger partial charge in [0, 0.05) is 16.0 Å². The number of para-hydroxylation sites is 1. The van der Waals surface area contributed by atoms with Crippen molar-refractivity contribution in [2.24, 2.45) is 5.11 Å². The van der Waals surface area contributed by atoms with Crippen molar-refractivity contribution in [1.82, 2.24) is 4.57 Å². The lowest BCUT2D eigenvalue weighted by atomic mass is 10.2.